The van der Waals surface area contributed by atoms with Crippen LogP contribution in [0.2, 0.25) is 5.02 Å². The average Bonchev–Trinajstić information content (AvgIpc) is 3.07. The molecule has 0 radical (unpaired) electrons. The van der Waals surface area contributed by atoms with Gasteiger partial charge in [-0.05, 0) is 62.1 Å². The summed E-state index contributed by atoms with van der Waals surface area (Å²) >= 11 is 6.33. The number of hydrogen-bond acceptors (Lipinski definition) is 3. The zero-order valence-corrected chi connectivity index (χ0v) is 20.4. The van der Waals surface area contributed by atoms with Gasteiger partial charge < -0.3 is 16.0 Å². The van der Waals surface area contributed by atoms with Crippen LogP contribution in [0, 0.1) is 5.92 Å². The molecular weight excluding hydrogens is 434 g/mol. The third kappa shape index (κ3) is 4.32. The lowest BCUT2D eigenvalue weighted by molar-refractivity contribution is -0.128. The zero-order valence-electron chi connectivity index (χ0n) is 19.7. The van der Waals surface area contributed by atoms with Crippen LogP contribution in [0.3, 0.4) is 0 Å². The minimum atomic E-state index is -0.661. The van der Waals surface area contributed by atoms with Gasteiger partial charge in [-0.3, -0.25) is 9.59 Å². The SMILES string of the molecule is O=C(CNC1(C2(CC3CCCCC3)C(=O)Nc3cc(Cl)ccc32)CCCCC1)NC1CCC1. The van der Waals surface area contributed by atoms with E-state index < -0.39 is 11.0 Å². The van der Waals surface area contributed by atoms with Gasteiger partial charge in [-0.15, -0.1) is 0 Å². The first kappa shape index (κ1) is 23.2. The summed E-state index contributed by atoms with van der Waals surface area (Å²) < 4.78 is 0. The second kappa shape index (κ2) is 9.58. The molecule has 1 heterocycles. The number of carbonyl (C=O) groups excluding carboxylic acids is 2. The molecule has 1 aromatic rings. The molecule has 3 saturated carbocycles. The summed E-state index contributed by atoms with van der Waals surface area (Å²) in [6, 6.07) is 6.23. The highest BCUT2D eigenvalue weighted by Crippen LogP contribution is 2.55. The molecule has 6 heteroatoms. The molecule has 3 fully saturated rings. The molecule has 5 nitrogen and oxygen atoms in total. The fourth-order valence-electron chi connectivity index (χ4n) is 7.03. The normalized spacial score (nSPS) is 27.5. The first-order valence-corrected chi connectivity index (χ1v) is 13.6. The first-order valence-electron chi connectivity index (χ1n) is 13.2. The predicted molar refractivity (Wildman–Crippen MR) is 133 cm³/mol. The molecule has 2 amide bonds. The number of nitrogens with one attached hydrogen (secondary N) is 3. The second-order valence-corrected chi connectivity index (χ2v) is 11.4. The lowest BCUT2D eigenvalue weighted by atomic mass is 9.56. The summed E-state index contributed by atoms with van der Waals surface area (Å²) in [6.45, 7) is 0.277. The van der Waals surface area contributed by atoms with Crippen molar-refractivity contribution in [1.82, 2.24) is 10.6 Å². The largest absolute Gasteiger partial charge is 0.352 e. The molecule has 3 N–H and O–H groups in total. The molecule has 3 aliphatic carbocycles. The molecule has 1 atom stereocenters. The smallest absolute Gasteiger partial charge is 0.237 e. The number of hydrogen-bond donors (Lipinski definition) is 3. The minimum absolute atomic E-state index is 0.0622. The Kier molecular flexibility index (Phi) is 6.72. The van der Waals surface area contributed by atoms with Gasteiger partial charge in [-0.2, -0.15) is 0 Å². The van der Waals surface area contributed by atoms with Crippen LogP contribution in [0.1, 0.15) is 95.5 Å². The fraction of sp³-hybridized carbons (Fsp3) is 0.704. The van der Waals surface area contributed by atoms with Gasteiger partial charge in [0, 0.05) is 22.3 Å². The van der Waals surface area contributed by atoms with E-state index >= 15 is 0 Å². The van der Waals surface area contributed by atoms with Gasteiger partial charge in [0.15, 0.2) is 0 Å². The van der Waals surface area contributed by atoms with E-state index in [-0.39, 0.29) is 18.4 Å². The maximum atomic E-state index is 14.0. The lowest BCUT2D eigenvalue weighted by Crippen LogP contribution is -2.66. The van der Waals surface area contributed by atoms with Crippen molar-refractivity contribution in [1.29, 1.82) is 0 Å². The Morgan fingerprint density at radius 1 is 1.00 bits per heavy atom. The highest BCUT2D eigenvalue weighted by atomic mass is 35.5. The monoisotopic (exact) mass is 471 g/mol. The first-order chi connectivity index (χ1) is 16.0. The maximum absolute atomic E-state index is 14.0. The van der Waals surface area contributed by atoms with Gasteiger partial charge >= 0.3 is 0 Å². The third-order valence-corrected chi connectivity index (χ3v) is 9.21. The molecule has 4 aliphatic rings. The Morgan fingerprint density at radius 3 is 2.42 bits per heavy atom. The zero-order chi connectivity index (χ0) is 22.9. The maximum Gasteiger partial charge on any atom is 0.237 e. The Morgan fingerprint density at radius 2 is 1.73 bits per heavy atom. The number of carbonyl (C=O) groups is 2. The van der Waals surface area contributed by atoms with Crippen molar-refractivity contribution in [3.63, 3.8) is 0 Å². The summed E-state index contributed by atoms with van der Waals surface area (Å²) in [4.78, 5) is 26.8. The van der Waals surface area contributed by atoms with E-state index in [2.05, 4.69) is 22.0 Å². The van der Waals surface area contributed by atoms with Gasteiger partial charge in [0.1, 0.15) is 0 Å². The summed E-state index contributed by atoms with van der Waals surface area (Å²) in [5.41, 5.74) is 0.861. The molecule has 0 spiro atoms. The molecule has 5 rings (SSSR count). The van der Waals surface area contributed by atoms with E-state index in [0.717, 1.165) is 56.2 Å². The van der Waals surface area contributed by atoms with Crippen LogP contribution in [-0.2, 0) is 15.0 Å². The number of rotatable bonds is 7. The van der Waals surface area contributed by atoms with Crippen molar-refractivity contribution in [3.05, 3.63) is 28.8 Å². The molecule has 0 aromatic heterocycles. The summed E-state index contributed by atoms with van der Waals surface area (Å²) in [5, 5.41) is 10.8. The summed E-state index contributed by atoms with van der Waals surface area (Å²) in [5.74, 6) is 0.696. The van der Waals surface area contributed by atoms with E-state index in [4.69, 9.17) is 11.6 Å². The van der Waals surface area contributed by atoms with Crippen LogP contribution in [-0.4, -0.2) is 29.9 Å². The van der Waals surface area contributed by atoms with E-state index in [1.807, 2.05) is 12.1 Å². The number of fused-ring (bicyclic) bond motifs is 1. The molecule has 1 aliphatic heterocycles. The molecule has 1 unspecified atom stereocenters. The second-order valence-electron chi connectivity index (χ2n) is 10.9. The van der Waals surface area contributed by atoms with E-state index in [1.54, 1.807) is 0 Å². The van der Waals surface area contributed by atoms with Crippen molar-refractivity contribution in [3.8, 4) is 0 Å². The highest BCUT2D eigenvalue weighted by molar-refractivity contribution is 6.31. The predicted octanol–water partition coefficient (Wildman–Crippen LogP) is 5.46. The number of benzene rings is 1. The van der Waals surface area contributed by atoms with E-state index in [9.17, 15) is 9.59 Å². The van der Waals surface area contributed by atoms with Crippen LogP contribution < -0.4 is 16.0 Å². The molecule has 0 saturated heterocycles. The quantitative estimate of drug-likeness (QED) is 0.494. The Bertz CT molecular complexity index is 887. The van der Waals surface area contributed by atoms with Gasteiger partial charge in [-0.25, -0.2) is 0 Å². The Hall–Kier alpha value is -1.59. The number of anilines is 1. The fourth-order valence-corrected chi connectivity index (χ4v) is 7.20. The van der Waals surface area contributed by atoms with Crippen molar-refractivity contribution in [2.24, 2.45) is 5.92 Å². The molecule has 33 heavy (non-hydrogen) atoms. The van der Waals surface area contributed by atoms with Crippen molar-refractivity contribution >= 4 is 29.1 Å². The van der Waals surface area contributed by atoms with Crippen molar-refractivity contribution in [2.45, 2.75) is 107 Å². The van der Waals surface area contributed by atoms with Crippen LogP contribution in [0.4, 0.5) is 5.69 Å². The molecule has 180 valence electrons. The van der Waals surface area contributed by atoms with E-state index in [1.165, 1.54) is 44.9 Å². The van der Waals surface area contributed by atoms with Crippen LogP contribution in [0.5, 0.6) is 0 Å². The van der Waals surface area contributed by atoms with Crippen LogP contribution in [0.25, 0.3) is 0 Å². The Balaban J connectivity index is 1.51. The van der Waals surface area contributed by atoms with Crippen LogP contribution >= 0.6 is 11.6 Å². The van der Waals surface area contributed by atoms with Crippen molar-refractivity contribution in [2.75, 3.05) is 11.9 Å². The summed E-state index contributed by atoms with van der Waals surface area (Å²) in [6.07, 6.45) is 15.6. The molecule has 0 bridgehead atoms. The molecule has 1 aromatic carbocycles. The Labute approximate surface area is 202 Å². The standard InChI is InChI=1S/C27H38ClN3O2/c28-20-12-13-22-23(16-20)31-25(33)27(22,17-19-8-3-1-4-9-19)26(14-5-2-6-15-26)29-18-24(32)30-21-10-7-11-21/h12-13,16,19,21,29H,1-11,14-15,17-18H2,(H,30,32)(H,31,33). The minimum Gasteiger partial charge on any atom is -0.352 e. The topological polar surface area (TPSA) is 70.2 Å². The number of halogens is 1. The average molecular weight is 472 g/mol. The van der Waals surface area contributed by atoms with Crippen molar-refractivity contribution < 1.29 is 9.59 Å². The van der Waals surface area contributed by atoms with Crippen LogP contribution in [0.15, 0.2) is 18.2 Å². The van der Waals surface area contributed by atoms with Gasteiger partial charge in [0.05, 0.1) is 12.0 Å². The number of amides is 2. The van der Waals surface area contributed by atoms with Gasteiger partial charge in [-0.1, -0.05) is 69.0 Å². The van der Waals surface area contributed by atoms with Gasteiger partial charge in [0.25, 0.3) is 0 Å². The third-order valence-electron chi connectivity index (χ3n) is 8.98. The summed E-state index contributed by atoms with van der Waals surface area (Å²) in [7, 11) is 0. The highest BCUT2D eigenvalue weighted by Gasteiger charge is 2.61. The van der Waals surface area contributed by atoms with Gasteiger partial charge in [0.2, 0.25) is 11.8 Å². The van der Waals surface area contributed by atoms with E-state index in [0.29, 0.717) is 17.0 Å². The lowest BCUT2D eigenvalue weighted by Gasteiger charge is -2.52. The molecular formula is C27H38ClN3O2.